The van der Waals surface area contributed by atoms with Crippen LogP contribution >= 0.6 is 0 Å². The van der Waals surface area contributed by atoms with Crippen LogP contribution in [0.1, 0.15) is 46.5 Å². The van der Waals surface area contributed by atoms with E-state index in [1.54, 1.807) is 0 Å². The zero-order chi connectivity index (χ0) is 18.4. The minimum Gasteiger partial charge on any atom is -0.463 e. The minimum absolute atomic E-state index is 0.000842. The standard InChI is InChI=1S/C17H29NO6/c1-5-7-8-14(6-2)11-23-15(19)12-24-17(21)18-9-10-22-16(20)13(3)4/h14H,3,5-12H2,1-2,4H3,(H,18,21). The van der Waals surface area contributed by atoms with Crippen LogP contribution in [-0.4, -0.2) is 44.4 Å². The first kappa shape index (κ1) is 21.9. The van der Waals surface area contributed by atoms with Crippen LogP contribution in [0, 0.1) is 5.92 Å². The van der Waals surface area contributed by atoms with E-state index in [0.29, 0.717) is 12.5 Å². The van der Waals surface area contributed by atoms with Crippen molar-refractivity contribution in [1.29, 1.82) is 0 Å². The lowest BCUT2D eigenvalue weighted by Crippen LogP contribution is -2.30. The molecule has 0 radical (unpaired) electrons. The topological polar surface area (TPSA) is 90.9 Å². The van der Waals surface area contributed by atoms with Crippen molar-refractivity contribution >= 4 is 18.0 Å². The fourth-order valence-corrected chi connectivity index (χ4v) is 1.75. The molecule has 0 aromatic heterocycles. The van der Waals surface area contributed by atoms with Gasteiger partial charge in [0, 0.05) is 5.57 Å². The van der Waals surface area contributed by atoms with Gasteiger partial charge >= 0.3 is 18.0 Å². The van der Waals surface area contributed by atoms with Crippen LogP contribution in [0.3, 0.4) is 0 Å². The summed E-state index contributed by atoms with van der Waals surface area (Å²) in [6.45, 7) is 9.12. The Labute approximate surface area is 143 Å². The fraction of sp³-hybridized carbons (Fsp3) is 0.706. The largest absolute Gasteiger partial charge is 0.463 e. The maximum atomic E-state index is 11.5. The smallest absolute Gasteiger partial charge is 0.407 e. The molecule has 0 bridgehead atoms. The normalized spacial score (nSPS) is 11.3. The van der Waals surface area contributed by atoms with E-state index >= 15 is 0 Å². The number of amides is 1. The van der Waals surface area contributed by atoms with Gasteiger partial charge in [0.1, 0.15) is 6.61 Å². The van der Waals surface area contributed by atoms with Gasteiger partial charge in [-0.05, 0) is 19.3 Å². The molecule has 1 unspecified atom stereocenters. The molecule has 0 aliphatic rings. The van der Waals surface area contributed by atoms with Gasteiger partial charge in [-0.15, -0.1) is 0 Å². The van der Waals surface area contributed by atoms with E-state index in [1.807, 2.05) is 0 Å². The Morgan fingerprint density at radius 3 is 2.42 bits per heavy atom. The molecular weight excluding hydrogens is 314 g/mol. The number of hydrogen-bond acceptors (Lipinski definition) is 6. The first-order valence-corrected chi connectivity index (χ1v) is 8.29. The maximum Gasteiger partial charge on any atom is 0.407 e. The third-order valence-electron chi connectivity index (χ3n) is 3.30. The number of hydrogen-bond donors (Lipinski definition) is 1. The molecule has 0 aliphatic heterocycles. The number of carbonyl (C=O) groups is 3. The second-order valence-corrected chi connectivity index (χ2v) is 5.52. The van der Waals surface area contributed by atoms with Crippen molar-refractivity contribution in [1.82, 2.24) is 5.32 Å². The summed E-state index contributed by atoms with van der Waals surface area (Å²) in [5.74, 6) is -0.762. The first-order valence-electron chi connectivity index (χ1n) is 8.29. The molecule has 0 fully saturated rings. The summed E-state index contributed by atoms with van der Waals surface area (Å²) in [4.78, 5) is 34.0. The fourth-order valence-electron chi connectivity index (χ4n) is 1.75. The van der Waals surface area contributed by atoms with Crippen LogP contribution in [0.15, 0.2) is 12.2 Å². The molecule has 0 aromatic rings. The highest BCUT2D eigenvalue weighted by molar-refractivity contribution is 5.86. The summed E-state index contributed by atoms with van der Waals surface area (Å²) in [5, 5.41) is 2.36. The van der Waals surface area contributed by atoms with Crippen LogP contribution in [0.25, 0.3) is 0 Å². The summed E-state index contributed by atoms with van der Waals surface area (Å²) in [7, 11) is 0. The predicted molar refractivity (Wildman–Crippen MR) is 89.4 cm³/mol. The van der Waals surface area contributed by atoms with Gasteiger partial charge in [0.25, 0.3) is 0 Å². The lowest BCUT2D eigenvalue weighted by molar-refractivity contribution is -0.148. The van der Waals surface area contributed by atoms with E-state index in [0.717, 1.165) is 25.7 Å². The summed E-state index contributed by atoms with van der Waals surface area (Å²) in [5.41, 5.74) is 0.282. The molecule has 0 spiro atoms. The molecule has 0 aliphatic carbocycles. The van der Waals surface area contributed by atoms with Crippen molar-refractivity contribution in [3.05, 3.63) is 12.2 Å². The van der Waals surface area contributed by atoms with Gasteiger partial charge in [-0.3, -0.25) is 0 Å². The lowest BCUT2D eigenvalue weighted by Gasteiger charge is -2.14. The summed E-state index contributed by atoms with van der Waals surface area (Å²) in [6.07, 6.45) is 3.40. The van der Waals surface area contributed by atoms with Crippen molar-refractivity contribution in [3.63, 3.8) is 0 Å². The van der Waals surface area contributed by atoms with Crippen molar-refractivity contribution in [2.24, 2.45) is 5.92 Å². The molecule has 0 saturated carbocycles. The van der Waals surface area contributed by atoms with Crippen molar-refractivity contribution in [2.45, 2.75) is 46.5 Å². The number of carbonyl (C=O) groups excluding carboxylic acids is 3. The van der Waals surface area contributed by atoms with Gasteiger partial charge in [0.15, 0.2) is 6.61 Å². The third kappa shape index (κ3) is 11.5. The number of nitrogens with one attached hydrogen (secondary N) is 1. The molecule has 7 nitrogen and oxygen atoms in total. The number of unbranched alkanes of at least 4 members (excludes halogenated alkanes) is 1. The maximum absolute atomic E-state index is 11.5. The number of alkyl carbamates (subject to hydrolysis) is 1. The molecule has 0 aromatic carbocycles. The monoisotopic (exact) mass is 343 g/mol. The van der Waals surface area contributed by atoms with Crippen LogP contribution in [-0.2, 0) is 23.8 Å². The second kappa shape index (κ2) is 13.4. The number of rotatable bonds is 12. The minimum atomic E-state index is -0.767. The van der Waals surface area contributed by atoms with Crippen LogP contribution in [0.2, 0.25) is 0 Å². The van der Waals surface area contributed by atoms with E-state index in [2.05, 4.69) is 25.7 Å². The third-order valence-corrected chi connectivity index (χ3v) is 3.30. The molecule has 1 atom stereocenters. The molecule has 1 N–H and O–H groups in total. The van der Waals surface area contributed by atoms with Crippen LogP contribution < -0.4 is 5.32 Å². The van der Waals surface area contributed by atoms with E-state index in [-0.39, 0.29) is 18.7 Å². The first-order chi connectivity index (χ1) is 11.4. The summed E-state index contributed by atoms with van der Waals surface area (Å²) < 4.78 is 14.6. The van der Waals surface area contributed by atoms with E-state index in [1.165, 1.54) is 6.92 Å². The number of esters is 2. The SMILES string of the molecule is C=C(C)C(=O)OCCNC(=O)OCC(=O)OCC(CC)CCCC. The van der Waals surface area contributed by atoms with Crippen LogP contribution in [0.4, 0.5) is 4.79 Å². The quantitative estimate of drug-likeness (QED) is 0.253. The van der Waals surface area contributed by atoms with Crippen molar-refractivity contribution < 1.29 is 28.6 Å². The Bertz CT molecular complexity index is 421. The molecule has 0 heterocycles. The molecule has 7 heteroatoms. The average molecular weight is 343 g/mol. The van der Waals surface area contributed by atoms with Crippen LogP contribution in [0.5, 0.6) is 0 Å². The highest BCUT2D eigenvalue weighted by atomic mass is 16.6. The highest BCUT2D eigenvalue weighted by Crippen LogP contribution is 2.12. The zero-order valence-electron chi connectivity index (χ0n) is 14.9. The zero-order valence-corrected chi connectivity index (χ0v) is 14.9. The Morgan fingerprint density at radius 2 is 1.83 bits per heavy atom. The molecule has 0 saturated heterocycles. The molecule has 1 amide bonds. The Hall–Kier alpha value is -2.05. The van der Waals surface area contributed by atoms with E-state index in [4.69, 9.17) is 14.2 Å². The van der Waals surface area contributed by atoms with E-state index < -0.39 is 24.6 Å². The van der Waals surface area contributed by atoms with Gasteiger partial charge in [-0.2, -0.15) is 0 Å². The summed E-state index contributed by atoms with van der Waals surface area (Å²) >= 11 is 0. The van der Waals surface area contributed by atoms with Gasteiger partial charge in [-0.1, -0.05) is 39.7 Å². The number of ether oxygens (including phenoxy) is 3. The Kier molecular flexibility index (Phi) is 12.3. The van der Waals surface area contributed by atoms with Crippen molar-refractivity contribution in [2.75, 3.05) is 26.4 Å². The van der Waals surface area contributed by atoms with Crippen molar-refractivity contribution in [3.8, 4) is 0 Å². The second-order valence-electron chi connectivity index (χ2n) is 5.52. The summed E-state index contributed by atoms with van der Waals surface area (Å²) in [6, 6.07) is 0. The molecule has 24 heavy (non-hydrogen) atoms. The highest BCUT2D eigenvalue weighted by Gasteiger charge is 2.12. The Balaban J connectivity index is 3.76. The molecule has 0 rings (SSSR count). The molecule has 138 valence electrons. The van der Waals surface area contributed by atoms with Gasteiger partial charge < -0.3 is 19.5 Å². The lowest BCUT2D eigenvalue weighted by atomic mass is 10.0. The van der Waals surface area contributed by atoms with E-state index in [9.17, 15) is 14.4 Å². The van der Waals surface area contributed by atoms with Gasteiger partial charge in [-0.25, -0.2) is 14.4 Å². The average Bonchev–Trinajstić information content (AvgIpc) is 2.56. The van der Waals surface area contributed by atoms with Gasteiger partial charge in [0.2, 0.25) is 0 Å². The molecular formula is C17H29NO6. The van der Waals surface area contributed by atoms with Gasteiger partial charge in [0.05, 0.1) is 13.2 Å². The Morgan fingerprint density at radius 1 is 1.12 bits per heavy atom. The predicted octanol–water partition coefficient (Wildman–Crippen LogP) is 2.59.